The SMILES string of the molecule is CCC/C=C1\Oc2ccccc2-c2ccc3c(c21)C(C)=CC(C)(C)N3. The van der Waals surface area contributed by atoms with Crippen molar-refractivity contribution in [1.29, 1.82) is 0 Å². The number of hydrogen-bond donors (Lipinski definition) is 1. The van der Waals surface area contributed by atoms with Gasteiger partial charge in [-0.2, -0.15) is 0 Å². The number of allylic oxidation sites excluding steroid dienone is 2. The van der Waals surface area contributed by atoms with Crippen molar-refractivity contribution in [1.82, 2.24) is 0 Å². The molecule has 2 nitrogen and oxygen atoms in total. The smallest absolute Gasteiger partial charge is 0.135 e. The summed E-state index contributed by atoms with van der Waals surface area (Å²) in [4.78, 5) is 0. The van der Waals surface area contributed by atoms with Gasteiger partial charge in [0.1, 0.15) is 11.5 Å². The number of rotatable bonds is 2. The Balaban J connectivity index is 2.00. The third-order valence-electron chi connectivity index (χ3n) is 4.90. The van der Waals surface area contributed by atoms with E-state index in [2.05, 4.69) is 75.5 Å². The minimum atomic E-state index is -0.0357. The molecule has 1 N–H and O–H groups in total. The fourth-order valence-electron chi connectivity index (χ4n) is 3.96. The molecule has 2 aromatic rings. The van der Waals surface area contributed by atoms with Gasteiger partial charge < -0.3 is 10.1 Å². The maximum Gasteiger partial charge on any atom is 0.135 e. The van der Waals surface area contributed by atoms with Crippen LogP contribution >= 0.6 is 0 Å². The van der Waals surface area contributed by atoms with E-state index in [4.69, 9.17) is 4.74 Å². The molecule has 2 aliphatic rings. The third kappa shape index (κ3) is 2.66. The Morgan fingerprint density at radius 2 is 1.84 bits per heavy atom. The molecule has 0 spiro atoms. The van der Waals surface area contributed by atoms with Crippen LogP contribution in [0, 0.1) is 0 Å². The standard InChI is InChI=1S/C23H25NO/c1-5-6-10-20-22-17(16-9-7-8-11-19(16)25-20)12-13-18-21(22)15(2)14-23(3,4)24-18/h7-14,24H,5-6H2,1-4H3/b20-10-. The Bertz CT molecular complexity index is 902. The highest BCUT2D eigenvalue weighted by molar-refractivity contribution is 5.97. The average molecular weight is 331 g/mol. The van der Waals surface area contributed by atoms with Crippen LogP contribution in [-0.4, -0.2) is 5.54 Å². The van der Waals surface area contributed by atoms with E-state index in [0.29, 0.717) is 0 Å². The van der Waals surface area contributed by atoms with Crippen molar-refractivity contribution in [2.75, 3.05) is 5.32 Å². The van der Waals surface area contributed by atoms with Crippen molar-refractivity contribution in [3.8, 4) is 16.9 Å². The number of fused-ring (bicyclic) bond motifs is 5. The molecule has 2 heteroatoms. The number of anilines is 1. The van der Waals surface area contributed by atoms with Gasteiger partial charge in [0.2, 0.25) is 0 Å². The number of nitrogens with one attached hydrogen (secondary N) is 1. The molecule has 0 aliphatic carbocycles. The van der Waals surface area contributed by atoms with Gasteiger partial charge in [-0.3, -0.25) is 0 Å². The van der Waals surface area contributed by atoms with Crippen molar-refractivity contribution in [3.63, 3.8) is 0 Å². The molecule has 2 aromatic carbocycles. The largest absolute Gasteiger partial charge is 0.456 e. The average Bonchev–Trinajstić information content (AvgIpc) is 2.57. The lowest BCUT2D eigenvalue weighted by Gasteiger charge is -2.35. The van der Waals surface area contributed by atoms with E-state index in [0.717, 1.165) is 24.4 Å². The number of benzene rings is 2. The summed E-state index contributed by atoms with van der Waals surface area (Å²) >= 11 is 0. The highest BCUT2D eigenvalue weighted by Crippen LogP contribution is 2.48. The Labute approximate surface area is 150 Å². The first-order valence-electron chi connectivity index (χ1n) is 9.13. The summed E-state index contributed by atoms with van der Waals surface area (Å²) in [6, 6.07) is 12.8. The molecule has 0 aromatic heterocycles. The molecule has 0 fully saturated rings. The Morgan fingerprint density at radius 3 is 2.64 bits per heavy atom. The van der Waals surface area contributed by atoms with Crippen LogP contribution in [0.3, 0.4) is 0 Å². The molecule has 0 atom stereocenters. The molecule has 2 heterocycles. The molecule has 0 saturated carbocycles. The second-order valence-electron chi connectivity index (χ2n) is 7.54. The first kappa shape index (κ1) is 16.0. The molecular weight excluding hydrogens is 306 g/mol. The van der Waals surface area contributed by atoms with Gasteiger partial charge in [0.15, 0.2) is 0 Å². The first-order valence-corrected chi connectivity index (χ1v) is 9.13. The van der Waals surface area contributed by atoms with Crippen LogP contribution in [-0.2, 0) is 0 Å². The lowest BCUT2D eigenvalue weighted by molar-refractivity contribution is 0.509. The van der Waals surface area contributed by atoms with E-state index in [1.165, 1.54) is 33.5 Å². The minimum absolute atomic E-state index is 0.0357. The van der Waals surface area contributed by atoms with Crippen molar-refractivity contribution >= 4 is 17.0 Å². The van der Waals surface area contributed by atoms with Crippen LogP contribution in [0.15, 0.2) is 48.6 Å². The summed E-state index contributed by atoms with van der Waals surface area (Å²) in [5, 5.41) is 3.66. The summed E-state index contributed by atoms with van der Waals surface area (Å²) in [7, 11) is 0. The topological polar surface area (TPSA) is 21.3 Å². The molecule has 0 bridgehead atoms. The summed E-state index contributed by atoms with van der Waals surface area (Å²) in [6.45, 7) is 8.82. The fourth-order valence-corrected chi connectivity index (χ4v) is 3.96. The van der Waals surface area contributed by atoms with Gasteiger partial charge in [-0.05, 0) is 56.5 Å². The lowest BCUT2D eigenvalue weighted by Crippen LogP contribution is -2.32. The summed E-state index contributed by atoms with van der Waals surface area (Å²) in [5.74, 6) is 1.93. The van der Waals surface area contributed by atoms with Gasteiger partial charge >= 0.3 is 0 Å². The number of hydrogen-bond acceptors (Lipinski definition) is 2. The van der Waals surface area contributed by atoms with Crippen LogP contribution < -0.4 is 10.1 Å². The molecule has 0 amide bonds. The second kappa shape index (κ2) is 5.80. The zero-order valence-electron chi connectivity index (χ0n) is 15.4. The molecule has 25 heavy (non-hydrogen) atoms. The predicted octanol–water partition coefficient (Wildman–Crippen LogP) is 6.49. The van der Waals surface area contributed by atoms with E-state index < -0.39 is 0 Å². The zero-order chi connectivity index (χ0) is 17.6. The highest BCUT2D eigenvalue weighted by Gasteiger charge is 2.30. The van der Waals surface area contributed by atoms with Crippen LogP contribution in [0.25, 0.3) is 22.5 Å². The maximum absolute atomic E-state index is 6.33. The normalized spacial score (nSPS) is 18.4. The van der Waals surface area contributed by atoms with Crippen molar-refractivity contribution < 1.29 is 4.74 Å². The lowest BCUT2D eigenvalue weighted by atomic mass is 9.83. The van der Waals surface area contributed by atoms with Crippen LogP contribution in [0.5, 0.6) is 5.75 Å². The van der Waals surface area contributed by atoms with E-state index >= 15 is 0 Å². The number of unbranched alkanes of at least 4 members (excludes halogenated alkanes) is 1. The van der Waals surface area contributed by atoms with Crippen LogP contribution in [0.2, 0.25) is 0 Å². The number of ether oxygens (including phenoxy) is 1. The number of para-hydroxylation sites is 1. The Morgan fingerprint density at radius 1 is 1.04 bits per heavy atom. The highest BCUT2D eigenvalue weighted by atomic mass is 16.5. The monoisotopic (exact) mass is 331 g/mol. The summed E-state index contributed by atoms with van der Waals surface area (Å²) in [5.41, 5.74) is 7.39. The van der Waals surface area contributed by atoms with Gasteiger partial charge in [-0.25, -0.2) is 0 Å². The van der Waals surface area contributed by atoms with Crippen molar-refractivity contribution in [2.24, 2.45) is 0 Å². The first-order chi connectivity index (χ1) is 12.0. The molecule has 0 unspecified atom stereocenters. The van der Waals surface area contributed by atoms with Gasteiger partial charge in [0, 0.05) is 22.4 Å². The predicted molar refractivity (Wildman–Crippen MR) is 107 cm³/mol. The maximum atomic E-state index is 6.33. The van der Waals surface area contributed by atoms with Gasteiger partial charge in [0.05, 0.1) is 5.54 Å². The van der Waals surface area contributed by atoms with Crippen molar-refractivity contribution in [3.05, 3.63) is 59.7 Å². The van der Waals surface area contributed by atoms with Gasteiger partial charge in [0.25, 0.3) is 0 Å². The van der Waals surface area contributed by atoms with Crippen LogP contribution in [0.1, 0.15) is 51.7 Å². The van der Waals surface area contributed by atoms with E-state index in [1.54, 1.807) is 0 Å². The van der Waals surface area contributed by atoms with Gasteiger partial charge in [-0.15, -0.1) is 0 Å². The second-order valence-corrected chi connectivity index (χ2v) is 7.54. The Hall–Kier alpha value is -2.48. The molecule has 0 radical (unpaired) electrons. The van der Waals surface area contributed by atoms with Crippen LogP contribution in [0.4, 0.5) is 5.69 Å². The molecule has 0 saturated heterocycles. The van der Waals surface area contributed by atoms with Crippen molar-refractivity contribution in [2.45, 2.75) is 46.1 Å². The minimum Gasteiger partial charge on any atom is -0.456 e. The zero-order valence-corrected chi connectivity index (χ0v) is 15.4. The summed E-state index contributed by atoms with van der Waals surface area (Å²) < 4.78 is 6.33. The molecule has 4 rings (SSSR count). The molecular formula is C23H25NO. The third-order valence-corrected chi connectivity index (χ3v) is 4.90. The molecule has 128 valence electrons. The van der Waals surface area contributed by atoms with E-state index in [-0.39, 0.29) is 5.54 Å². The summed E-state index contributed by atoms with van der Waals surface area (Å²) in [6.07, 6.45) is 6.68. The quantitative estimate of drug-likeness (QED) is 0.678. The molecule has 2 aliphatic heterocycles. The Kier molecular flexibility index (Phi) is 3.72. The van der Waals surface area contributed by atoms with E-state index in [1.807, 2.05) is 6.07 Å². The van der Waals surface area contributed by atoms with Gasteiger partial charge in [-0.1, -0.05) is 43.7 Å². The van der Waals surface area contributed by atoms with E-state index in [9.17, 15) is 0 Å². The fraction of sp³-hybridized carbons (Fsp3) is 0.304.